The Morgan fingerprint density at radius 2 is 2.09 bits per heavy atom. The van der Waals surface area contributed by atoms with Crippen LogP contribution in [0.5, 0.6) is 0 Å². The van der Waals surface area contributed by atoms with Gasteiger partial charge >= 0.3 is 0 Å². The smallest absolute Gasteiger partial charge is 0.151 e. The van der Waals surface area contributed by atoms with E-state index < -0.39 is 0 Å². The molecular formula is C17H20N6. The van der Waals surface area contributed by atoms with Crippen LogP contribution >= 0.6 is 0 Å². The van der Waals surface area contributed by atoms with E-state index in [1.165, 1.54) is 0 Å². The molecule has 0 amide bonds. The molecule has 118 valence electrons. The van der Waals surface area contributed by atoms with Gasteiger partial charge in [-0.3, -0.25) is 0 Å². The second-order valence-corrected chi connectivity index (χ2v) is 5.90. The van der Waals surface area contributed by atoms with E-state index in [0.29, 0.717) is 17.4 Å². The van der Waals surface area contributed by atoms with Crippen molar-refractivity contribution in [2.45, 2.75) is 32.7 Å². The van der Waals surface area contributed by atoms with Crippen LogP contribution in [0.2, 0.25) is 0 Å². The van der Waals surface area contributed by atoms with Crippen molar-refractivity contribution in [3.8, 4) is 6.07 Å². The Morgan fingerprint density at radius 3 is 2.74 bits per heavy atom. The summed E-state index contributed by atoms with van der Waals surface area (Å²) >= 11 is 0. The van der Waals surface area contributed by atoms with E-state index in [1.54, 1.807) is 6.20 Å². The molecule has 0 atom stereocenters. The first-order valence-electron chi connectivity index (χ1n) is 7.85. The normalized spacial score (nSPS) is 15.3. The Bertz CT molecular complexity index is 714. The van der Waals surface area contributed by atoms with E-state index in [9.17, 15) is 5.26 Å². The lowest BCUT2D eigenvalue weighted by molar-refractivity contribution is 0.521. The van der Waals surface area contributed by atoms with E-state index in [4.69, 9.17) is 0 Å². The van der Waals surface area contributed by atoms with Crippen molar-refractivity contribution in [3.05, 3.63) is 41.2 Å². The number of hydrogen-bond acceptors (Lipinski definition) is 6. The third-order valence-corrected chi connectivity index (χ3v) is 4.17. The molecule has 0 unspecified atom stereocenters. The number of nitrogens with one attached hydrogen (secondary N) is 1. The third kappa shape index (κ3) is 3.39. The molecule has 2 aromatic rings. The van der Waals surface area contributed by atoms with Crippen molar-refractivity contribution in [2.75, 3.05) is 23.3 Å². The molecule has 2 aromatic heterocycles. The Hall–Kier alpha value is -2.68. The largest absolute Gasteiger partial charge is 0.366 e. The second-order valence-electron chi connectivity index (χ2n) is 5.90. The molecule has 6 heteroatoms. The minimum absolute atomic E-state index is 0.323. The van der Waals surface area contributed by atoms with Gasteiger partial charge < -0.3 is 10.2 Å². The molecular weight excluding hydrogens is 288 g/mol. The highest BCUT2D eigenvalue weighted by atomic mass is 15.3. The third-order valence-electron chi connectivity index (χ3n) is 4.17. The highest BCUT2D eigenvalue weighted by Crippen LogP contribution is 2.23. The van der Waals surface area contributed by atoms with E-state index >= 15 is 0 Å². The van der Waals surface area contributed by atoms with Crippen LogP contribution in [-0.2, 0) is 0 Å². The highest BCUT2D eigenvalue weighted by Gasteiger charge is 2.21. The minimum atomic E-state index is 0.323. The summed E-state index contributed by atoms with van der Waals surface area (Å²) in [5.74, 6) is 1.64. The first-order chi connectivity index (χ1) is 11.2. The van der Waals surface area contributed by atoms with Crippen LogP contribution in [0.1, 0.15) is 29.7 Å². The van der Waals surface area contributed by atoms with Crippen LogP contribution in [0.4, 0.5) is 11.6 Å². The number of nitrogens with zero attached hydrogens (tertiary/aromatic N) is 5. The number of piperidine rings is 1. The average molecular weight is 308 g/mol. The molecule has 23 heavy (non-hydrogen) atoms. The molecule has 0 saturated carbocycles. The van der Waals surface area contributed by atoms with Crippen LogP contribution in [-0.4, -0.2) is 34.3 Å². The summed E-state index contributed by atoms with van der Waals surface area (Å²) in [4.78, 5) is 6.75. The number of hydrogen-bond donors (Lipinski definition) is 1. The van der Waals surface area contributed by atoms with Crippen LogP contribution in [0, 0.1) is 25.2 Å². The Balaban J connectivity index is 1.67. The lowest BCUT2D eigenvalue weighted by Crippen LogP contribution is -2.39. The van der Waals surface area contributed by atoms with E-state index in [1.807, 2.05) is 32.0 Å². The molecule has 0 radical (unpaired) electrons. The predicted molar refractivity (Wildman–Crippen MR) is 89.3 cm³/mol. The van der Waals surface area contributed by atoms with Crippen molar-refractivity contribution >= 4 is 11.6 Å². The van der Waals surface area contributed by atoms with Crippen molar-refractivity contribution in [3.63, 3.8) is 0 Å². The zero-order chi connectivity index (χ0) is 16.2. The zero-order valence-corrected chi connectivity index (χ0v) is 13.5. The van der Waals surface area contributed by atoms with Gasteiger partial charge in [0.1, 0.15) is 11.9 Å². The molecule has 0 aromatic carbocycles. The first-order valence-corrected chi connectivity index (χ1v) is 7.85. The van der Waals surface area contributed by atoms with Gasteiger partial charge in [-0.05, 0) is 50.5 Å². The number of anilines is 2. The SMILES string of the molecule is Cc1cc(C)c(C#N)c(NC2CCN(c3cccnn3)CC2)n1. The molecule has 1 fully saturated rings. The summed E-state index contributed by atoms with van der Waals surface area (Å²) < 4.78 is 0. The van der Waals surface area contributed by atoms with Crippen LogP contribution in [0.15, 0.2) is 24.4 Å². The molecule has 1 aliphatic heterocycles. The summed E-state index contributed by atoms with van der Waals surface area (Å²) in [6, 6.07) is 8.42. The topological polar surface area (TPSA) is 77.7 Å². The fourth-order valence-electron chi connectivity index (χ4n) is 2.99. The number of aryl methyl sites for hydroxylation is 2. The van der Waals surface area contributed by atoms with Crippen molar-refractivity contribution < 1.29 is 0 Å². The molecule has 0 aliphatic carbocycles. The maximum Gasteiger partial charge on any atom is 0.151 e. The summed E-state index contributed by atoms with van der Waals surface area (Å²) in [5.41, 5.74) is 2.55. The molecule has 0 bridgehead atoms. The summed E-state index contributed by atoms with van der Waals surface area (Å²) in [6.07, 6.45) is 3.65. The molecule has 1 N–H and O–H groups in total. The molecule has 0 spiro atoms. The summed E-state index contributed by atoms with van der Waals surface area (Å²) in [7, 11) is 0. The van der Waals surface area contributed by atoms with Gasteiger partial charge in [0.25, 0.3) is 0 Å². The van der Waals surface area contributed by atoms with Crippen LogP contribution in [0.25, 0.3) is 0 Å². The molecule has 3 heterocycles. The van der Waals surface area contributed by atoms with Crippen LogP contribution < -0.4 is 10.2 Å². The van der Waals surface area contributed by atoms with Gasteiger partial charge in [0.15, 0.2) is 5.82 Å². The highest BCUT2D eigenvalue weighted by molar-refractivity contribution is 5.57. The summed E-state index contributed by atoms with van der Waals surface area (Å²) in [6.45, 7) is 5.75. The maximum absolute atomic E-state index is 9.36. The maximum atomic E-state index is 9.36. The fraction of sp³-hybridized carbons (Fsp3) is 0.412. The average Bonchev–Trinajstić information content (AvgIpc) is 2.56. The lowest BCUT2D eigenvalue weighted by Gasteiger charge is -2.33. The number of nitriles is 1. The van der Waals surface area contributed by atoms with Gasteiger partial charge in [-0.15, -0.1) is 5.10 Å². The quantitative estimate of drug-likeness (QED) is 0.938. The van der Waals surface area contributed by atoms with Crippen molar-refractivity contribution in [1.82, 2.24) is 15.2 Å². The van der Waals surface area contributed by atoms with E-state index in [-0.39, 0.29) is 0 Å². The first kappa shape index (κ1) is 15.2. The number of rotatable bonds is 3. The standard InChI is InChI=1S/C17H20N6/c1-12-10-13(2)20-17(15(12)11-18)21-14-5-8-23(9-6-14)16-4-3-7-19-22-16/h3-4,7,10,14H,5-6,8-9H2,1-2H3,(H,20,21). The molecule has 3 rings (SSSR count). The Labute approximate surface area is 136 Å². The molecule has 1 aliphatic rings. The Morgan fingerprint density at radius 1 is 1.30 bits per heavy atom. The number of aromatic nitrogens is 3. The predicted octanol–water partition coefficient (Wildman–Crippen LogP) is 2.44. The monoisotopic (exact) mass is 308 g/mol. The molecule has 1 saturated heterocycles. The summed E-state index contributed by atoms with van der Waals surface area (Å²) in [5, 5.41) is 20.9. The van der Waals surface area contributed by atoms with Gasteiger partial charge in [-0.25, -0.2) is 4.98 Å². The van der Waals surface area contributed by atoms with Gasteiger partial charge in [-0.2, -0.15) is 10.4 Å². The fourth-order valence-corrected chi connectivity index (χ4v) is 2.99. The zero-order valence-electron chi connectivity index (χ0n) is 13.5. The van der Waals surface area contributed by atoms with Crippen molar-refractivity contribution in [2.24, 2.45) is 0 Å². The minimum Gasteiger partial charge on any atom is -0.366 e. The second kappa shape index (κ2) is 6.61. The lowest BCUT2D eigenvalue weighted by atomic mass is 10.0. The van der Waals surface area contributed by atoms with Crippen LogP contribution in [0.3, 0.4) is 0 Å². The van der Waals surface area contributed by atoms with Gasteiger partial charge in [0.05, 0.1) is 5.56 Å². The van der Waals surface area contributed by atoms with E-state index in [2.05, 4.69) is 31.5 Å². The number of pyridine rings is 1. The molecule has 6 nitrogen and oxygen atoms in total. The Kier molecular flexibility index (Phi) is 4.38. The van der Waals surface area contributed by atoms with Gasteiger partial charge in [-0.1, -0.05) is 0 Å². The van der Waals surface area contributed by atoms with Crippen molar-refractivity contribution in [1.29, 1.82) is 5.26 Å². The van der Waals surface area contributed by atoms with E-state index in [0.717, 1.165) is 43.0 Å². The van der Waals surface area contributed by atoms with Gasteiger partial charge in [0.2, 0.25) is 0 Å². The van der Waals surface area contributed by atoms with Gasteiger partial charge in [0, 0.05) is 31.0 Å².